The minimum absolute atomic E-state index is 0.0924. The Morgan fingerprint density at radius 3 is 2.00 bits per heavy atom. The van der Waals surface area contributed by atoms with Crippen LogP contribution in [-0.2, 0) is 13.0 Å². The van der Waals surface area contributed by atoms with Gasteiger partial charge < -0.3 is 5.32 Å². The molecule has 0 aromatic heterocycles. The second-order valence-electron chi connectivity index (χ2n) is 4.60. The first-order chi connectivity index (χ1) is 9.96. The Hall–Kier alpha value is -1.62. The van der Waals surface area contributed by atoms with Crippen LogP contribution in [0.25, 0.3) is 0 Å². The van der Waals surface area contributed by atoms with Crippen LogP contribution in [0.5, 0.6) is 0 Å². The number of nitrogens with one attached hydrogen (secondary N) is 1. The predicted molar refractivity (Wildman–Crippen MR) is 81.5 cm³/mol. The van der Waals surface area contributed by atoms with E-state index < -0.39 is 5.51 Å². The first-order valence-corrected chi connectivity index (χ1v) is 7.45. The van der Waals surface area contributed by atoms with Gasteiger partial charge in [0, 0.05) is 17.1 Å². The van der Waals surface area contributed by atoms with Gasteiger partial charge in [-0.3, -0.25) is 0 Å². The van der Waals surface area contributed by atoms with Crippen LogP contribution < -0.4 is 5.32 Å². The van der Waals surface area contributed by atoms with Crippen molar-refractivity contribution < 1.29 is 13.2 Å². The highest BCUT2D eigenvalue weighted by molar-refractivity contribution is 8.00. The molecule has 0 fully saturated rings. The fourth-order valence-electron chi connectivity index (χ4n) is 1.87. The van der Waals surface area contributed by atoms with E-state index in [0.29, 0.717) is 6.54 Å². The Morgan fingerprint density at radius 2 is 1.48 bits per heavy atom. The van der Waals surface area contributed by atoms with Gasteiger partial charge in [-0.1, -0.05) is 31.2 Å². The number of thioether (sulfide) groups is 1. The lowest BCUT2D eigenvalue weighted by atomic mass is 10.1. The number of hydrogen-bond donors (Lipinski definition) is 1. The molecule has 0 radical (unpaired) electrons. The molecule has 0 atom stereocenters. The van der Waals surface area contributed by atoms with Gasteiger partial charge >= 0.3 is 5.51 Å². The van der Waals surface area contributed by atoms with E-state index in [-0.39, 0.29) is 16.7 Å². The molecule has 1 nitrogen and oxygen atoms in total. The van der Waals surface area contributed by atoms with Gasteiger partial charge in [0.25, 0.3) is 0 Å². The van der Waals surface area contributed by atoms with Crippen LogP contribution in [0, 0.1) is 0 Å². The number of benzene rings is 2. The maximum atomic E-state index is 12.2. The van der Waals surface area contributed by atoms with Gasteiger partial charge in [0.2, 0.25) is 0 Å². The molecule has 21 heavy (non-hydrogen) atoms. The van der Waals surface area contributed by atoms with Crippen molar-refractivity contribution in [2.45, 2.75) is 30.3 Å². The van der Waals surface area contributed by atoms with E-state index >= 15 is 0 Å². The Kier molecular flexibility index (Phi) is 5.17. The summed E-state index contributed by atoms with van der Waals surface area (Å²) in [7, 11) is 0. The third-order valence-corrected chi connectivity index (χ3v) is 3.76. The summed E-state index contributed by atoms with van der Waals surface area (Å²) in [5, 5.41) is 3.25. The number of aryl methyl sites for hydroxylation is 1. The van der Waals surface area contributed by atoms with Gasteiger partial charge in [-0.15, -0.1) is 0 Å². The zero-order chi connectivity index (χ0) is 15.3. The van der Waals surface area contributed by atoms with Crippen molar-refractivity contribution >= 4 is 17.4 Å². The lowest BCUT2D eigenvalue weighted by Crippen LogP contribution is -2.01. The predicted octanol–water partition coefficient (Wildman–Crippen LogP) is 5.47. The molecule has 2 aromatic carbocycles. The lowest BCUT2D eigenvalue weighted by molar-refractivity contribution is -0.0328. The maximum Gasteiger partial charge on any atom is 0.446 e. The topological polar surface area (TPSA) is 12.0 Å². The summed E-state index contributed by atoms with van der Waals surface area (Å²) < 4.78 is 36.7. The van der Waals surface area contributed by atoms with E-state index in [4.69, 9.17) is 0 Å². The molecule has 0 aliphatic carbocycles. The molecule has 2 aromatic rings. The van der Waals surface area contributed by atoms with Crippen molar-refractivity contribution in [2.75, 3.05) is 5.32 Å². The van der Waals surface area contributed by atoms with Crippen molar-refractivity contribution in [3.8, 4) is 0 Å². The van der Waals surface area contributed by atoms with Gasteiger partial charge in [-0.2, -0.15) is 13.2 Å². The van der Waals surface area contributed by atoms with Crippen LogP contribution in [0.4, 0.5) is 18.9 Å². The van der Waals surface area contributed by atoms with Crippen molar-refractivity contribution in [1.29, 1.82) is 0 Å². The highest BCUT2D eigenvalue weighted by Gasteiger charge is 2.28. The molecule has 0 bridgehead atoms. The third-order valence-electron chi connectivity index (χ3n) is 3.02. The molecule has 5 heteroatoms. The first-order valence-electron chi connectivity index (χ1n) is 6.64. The zero-order valence-corrected chi connectivity index (χ0v) is 12.4. The minimum atomic E-state index is -4.24. The number of rotatable bonds is 5. The molecular formula is C16H16F3NS. The van der Waals surface area contributed by atoms with Crippen LogP contribution in [0.2, 0.25) is 0 Å². The van der Waals surface area contributed by atoms with Crippen LogP contribution in [0.15, 0.2) is 53.4 Å². The lowest BCUT2D eigenvalue weighted by Gasteiger charge is -2.09. The molecule has 1 N–H and O–H groups in total. The maximum absolute atomic E-state index is 12.2. The average molecular weight is 311 g/mol. The fraction of sp³-hybridized carbons (Fsp3) is 0.250. The Bertz CT molecular complexity index is 562. The molecule has 0 spiro atoms. The molecular weight excluding hydrogens is 295 g/mol. The molecule has 0 aliphatic heterocycles. The second kappa shape index (κ2) is 6.89. The number of alkyl halides is 3. The fourth-order valence-corrected chi connectivity index (χ4v) is 2.41. The second-order valence-corrected chi connectivity index (χ2v) is 5.73. The van der Waals surface area contributed by atoms with Crippen molar-refractivity contribution in [1.82, 2.24) is 0 Å². The van der Waals surface area contributed by atoms with Gasteiger partial charge in [0.1, 0.15) is 0 Å². The molecule has 0 heterocycles. The highest BCUT2D eigenvalue weighted by Crippen LogP contribution is 2.36. The van der Waals surface area contributed by atoms with Gasteiger partial charge in [0.05, 0.1) is 0 Å². The van der Waals surface area contributed by atoms with E-state index in [1.807, 2.05) is 12.1 Å². The molecule has 2 rings (SSSR count). The summed E-state index contributed by atoms with van der Waals surface area (Å²) in [4.78, 5) is 0.207. The summed E-state index contributed by atoms with van der Waals surface area (Å²) in [6.45, 7) is 2.69. The summed E-state index contributed by atoms with van der Waals surface area (Å²) >= 11 is -0.0924. The monoisotopic (exact) mass is 311 g/mol. The van der Waals surface area contributed by atoms with Crippen LogP contribution >= 0.6 is 11.8 Å². The third kappa shape index (κ3) is 5.34. The minimum Gasteiger partial charge on any atom is -0.381 e. The van der Waals surface area contributed by atoms with Crippen molar-refractivity contribution in [3.63, 3.8) is 0 Å². The summed E-state index contributed by atoms with van der Waals surface area (Å²) in [6, 6.07) is 14.5. The van der Waals surface area contributed by atoms with Crippen LogP contribution in [0.1, 0.15) is 18.1 Å². The van der Waals surface area contributed by atoms with E-state index in [2.05, 4.69) is 24.4 Å². The summed E-state index contributed by atoms with van der Waals surface area (Å²) in [5.74, 6) is 0. The standard InChI is InChI=1S/C16H16F3NS/c1-2-12-3-7-14(8-4-12)20-11-13-5-9-15(10-6-13)21-16(17,18)19/h3-10,20H,2,11H2,1H3. The zero-order valence-electron chi connectivity index (χ0n) is 11.6. The molecule has 112 valence electrons. The van der Waals surface area contributed by atoms with Crippen LogP contribution in [-0.4, -0.2) is 5.51 Å². The molecule has 0 aliphatic rings. The Morgan fingerprint density at radius 1 is 0.905 bits per heavy atom. The Balaban J connectivity index is 1.91. The summed E-state index contributed by atoms with van der Waals surface area (Å²) in [6.07, 6.45) is 0.999. The SMILES string of the molecule is CCc1ccc(NCc2ccc(SC(F)(F)F)cc2)cc1. The number of halogens is 3. The van der Waals surface area contributed by atoms with Crippen LogP contribution in [0.3, 0.4) is 0 Å². The van der Waals surface area contributed by atoms with Gasteiger partial charge in [-0.05, 0) is 53.6 Å². The smallest absolute Gasteiger partial charge is 0.381 e. The van der Waals surface area contributed by atoms with Gasteiger partial charge in [-0.25, -0.2) is 0 Å². The normalized spacial score (nSPS) is 11.4. The van der Waals surface area contributed by atoms with E-state index in [9.17, 15) is 13.2 Å². The van der Waals surface area contributed by atoms with E-state index in [0.717, 1.165) is 17.7 Å². The number of anilines is 1. The Labute approximate surface area is 126 Å². The molecule has 0 amide bonds. The van der Waals surface area contributed by atoms with Crippen molar-refractivity contribution in [3.05, 3.63) is 59.7 Å². The average Bonchev–Trinajstić information content (AvgIpc) is 2.45. The van der Waals surface area contributed by atoms with E-state index in [1.165, 1.54) is 17.7 Å². The molecule has 0 saturated heterocycles. The first kappa shape index (κ1) is 15.8. The highest BCUT2D eigenvalue weighted by atomic mass is 32.2. The molecule has 0 unspecified atom stereocenters. The van der Waals surface area contributed by atoms with Crippen molar-refractivity contribution in [2.24, 2.45) is 0 Å². The molecule has 0 saturated carbocycles. The largest absolute Gasteiger partial charge is 0.446 e. The number of hydrogen-bond acceptors (Lipinski definition) is 2. The van der Waals surface area contributed by atoms with E-state index in [1.54, 1.807) is 12.1 Å². The summed E-state index contributed by atoms with van der Waals surface area (Å²) in [5.41, 5.74) is -1.02. The quantitative estimate of drug-likeness (QED) is 0.735. The van der Waals surface area contributed by atoms with Gasteiger partial charge in [0.15, 0.2) is 0 Å².